The minimum atomic E-state index is -0.450. The molecule has 0 amide bonds. The molecule has 1 aliphatic rings. The Balaban J connectivity index is 2.16. The number of nitrogens with zero attached hydrogens (tertiary/aromatic N) is 1. The monoisotopic (exact) mass is 280 g/mol. The Bertz CT molecular complexity index is 493. The quantitative estimate of drug-likeness (QED) is 0.864. The third-order valence-corrected chi connectivity index (χ3v) is 3.95. The van der Waals surface area contributed by atoms with Crippen LogP contribution in [0, 0.1) is 5.82 Å². The molecule has 1 saturated heterocycles. The van der Waals surface area contributed by atoms with Crippen molar-refractivity contribution in [1.82, 2.24) is 4.90 Å². The SMILES string of the molecule is COC(=O)c1ccc(F)cc1NC1CCN(C)C(C)C1. The van der Waals surface area contributed by atoms with Gasteiger partial charge in [0, 0.05) is 18.6 Å². The first-order chi connectivity index (χ1) is 9.51. The van der Waals surface area contributed by atoms with Crippen LogP contribution in [0.3, 0.4) is 0 Å². The van der Waals surface area contributed by atoms with Crippen LogP contribution in [0.4, 0.5) is 10.1 Å². The third kappa shape index (κ3) is 3.28. The molecule has 2 rings (SSSR count). The normalized spacial score (nSPS) is 23.4. The van der Waals surface area contributed by atoms with Crippen LogP contribution in [-0.4, -0.2) is 43.7 Å². The summed E-state index contributed by atoms with van der Waals surface area (Å²) >= 11 is 0. The minimum Gasteiger partial charge on any atom is -0.465 e. The first-order valence-corrected chi connectivity index (χ1v) is 6.86. The Morgan fingerprint density at radius 3 is 2.90 bits per heavy atom. The summed E-state index contributed by atoms with van der Waals surface area (Å²) in [4.78, 5) is 14.0. The summed E-state index contributed by atoms with van der Waals surface area (Å²) in [5, 5.41) is 3.29. The van der Waals surface area contributed by atoms with E-state index in [9.17, 15) is 9.18 Å². The average Bonchev–Trinajstić information content (AvgIpc) is 2.42. The largest absolute Gasteiger partial charge is 0.465 e. The molecule has 1 N–H and O–H groups in total. The number of ether oxygens (including phenoxy) is 1. The van der Waals surface area contributed by atoms with Gasteiger partial charge in [-0.3, -0.25) is 0 Å². The van der Waals surface area contributed by atoms with Crippen LogP contribution in [0.25, 0.3) is 0 Å². The van der Waals surface area contributed by atoms with Gasteiger partial charge in [0.05, 0.1) is 18.4 Å². The molecular weight excluding hydrogens is 259 g/mol. The van der Waals surface area contributed by atoms with Crippen molar-refractivity contribution in [3.8, 4) is 0 Å². The Labute approximate surface area is 118 Å². The van der Waals surface area contributed by atoms with Gasteiger partial charge in [0.15, 0.2) is 0 Å². The molecule has 1 aliphatic heterocycles. The number of nitrogens with one attached hydrogen (secondary N) is 1. The van der Waals surface area contributed by atoms with E-state index in [0.717, 1.165) is 19.4 Å². The van der Waals surface area contributed by atoms with Crippen molar-refractivity contribution in [2.75, 3.05) is 26.0 Å². The van der Waals surface area contributed by atoms with Crippen LogP contribution in [0.1, 0.15) is 30.1 Å². The zero-order valence-corrected chi connectivity index (χ0v) is 12.1. The maximum Gasteiger partial charge on any atom is 0.339 e. The van der Waals surface area contributed by atoms with E-state index in [1.807, 2.05) is 0 Å². The lowest BCUT2D eigenvalue weighted by Crippen LogP contribution is -2.42. The lowest BCUT2D eigenvalue weighted by atomic mass is 9.98. The third-order valence-electron chi connectivity index (χ3n) is 3.95. The van der Waals surface area contributed by atoms with Gasteiger partial charge in [-0.15, -0.1) is 0 Å². The Kier molecular flexibility index (Phi) is 4.60. The Morgan fingerprint density at radius 1 is 1.50 bits per heavy atom. The van der Waals surface area contributed by atoms with Crippen LogP contribution in [0.15, 0.2) is 18.2 Å². The molecule has 110 valence electrons. The lowest BCUT2D eigenvalue weighted by Gasteiger charge is -2.36. The van der Waals surface area contributed by atoms with Gasteiger partial charge in [0.1, 0.15) is 5.82 Å². The lowest BCUT2D eigenvalue weighted by molar-refractivity contribution is 0.0601. The summed E-state index contributed by atoms with van der Waals surface area (Å²) in [7, 11) is 3.43. The van der Waals surface area contributed by atoms with Crippen molar-refractivity contribution >= 4 is 11.7 Å². The number of likely N-dealkylation sites (tertiary alicyclic amines) is 1. The topological polar surface area (TPSA) is 41.6 Å². The highest BCUT2D eigenvalue weighted by Crippen LogP contribution is 2.24. The second-order valence-corrected chi connectivity index (χ2v) is 5.38. The second-order valence-electron chi connectivity index (χ2n) is 5.38. The standard InChI is InChI=1S/C15H21FN2O2/c1-10-8-12(6-7-18(10)2)17-14-9-11(16)4-5-13(14)15(19)20-3/h4-5,9-10,12,17H,6-8H2,1-3H3. The number of piperidine rings is 1. The van der Waals surface area contributed by atoms with E-state index in [1.54, 1.807) is 0 Å². The van der Waals surface area contributed by atoms with Crippen LogP contribution in [0.2, 0.25) is 0 Å². The van der Waals surface area contributed by atoms with Gasteiger partial charge in [-0.25, -0.2) is 9.18 Å². The van der Waals surface area contributed by atoms with Gasteiger partial charge >= 0.3 is 5.97 Å². The van der Waals surface area contributed by atoms with E-state index < -0.39 is 5.97 Å². The zero-order valence-electron chi connectivity index (χ0n) is 12.1. The summed E-state index contributed by atoms with van der Waals surface area (Å²) in [6.45, 7) is 3.16. The number of methoxy groups -OCH3 is 1. The average molecular weight is 280 g/mol. The van der Waals surface area contributed by atoms with E-state index in [2.05, 4.69) is 24.2 Å². The van der Waals surface area contributed by atoms with Crippen LogP contribution in [0.5, 0.6) is 0 Å². The number of halogens is 1. The number of carbonyl (C=O) groups excluding carboxylic acids is 1. The van der Waals surface area contributed by atoms with Crippen molar-refractivity contribution in [2.45, 2.75) is 31.8 Å². The first-order valence-electron chi connectivity index (χ1n) is 6.86. The van der Waals surface area contributed by atoms with Gasteiger partial charge in [0.2, 0.25) is 0 Å². The molecule has 1 aromatic rings. The fourth-order valence-corrected chi connectivity index (χ4v) is 2.56. The van der Waals surface area contributed by atoms with Crippen LogP contribution < -0.4 is 5.32 Å². The molecule has 2 atom stereocenters. The maximum atomic E-state index is 13.4. The molecule has 0 radical (unpaired) electrons. The number of anilines is 1. The van der Waals surface area contributed by atoms with Gasteiger partial charge in [-0.1, -0.05) is 0 Å². The van der Waals surface area contributed by atoms with E-state index in [0.29, 0.717) is 17.3 Å². The van der Waals surface area contributed by atoms with Gasteiger partial charge in [0.25, 0.3) is 0 Å². The highest BCUT2D eigenvalue weighted by Gasteiger charge is 2.24. The molecule has 5 heteroatoms. The summed E-state index contributed by atoms with van der Waals surface area (Å²) in [5.41, 5.74) is 0.888. The fraction of sp³-hybridized carbons (Fsp3) is 0.533. The van der Waals surface area contributed by atoms with E-state index >= 15 is 0 Å². The molecule has 1 heterocycles. The second kappa shape index (κ2) is 6.22. The predicted molar refractivity (Wildman–Crippen MR) is 76.5 cm³/mol. The maximum absolute atomic E-state index is 13.4. The van der Waals surface area contributed by atoms with Gasteiger partial charge in [-0.2, -0.15) is 0 Å². The molecule has 0 bridgehead atoms. The molecular formula is C15H21FN2O2. The molecule has 0 saturated carbocycles. The van der Waals surface area contributed by atoms with Crippen molar-refractivity contribution in [3.05, 3.63) is 29.6 Å². The molecule has 1 aromatic carbocycles. The van der Waals surface area contributed by atoms with Gasteiger partial charge < -0.3 is 15.0 Å². The number of hydrogen-bond donors (Lipinski definition) is 1. The number of benzene rings is 1. The number of hydrogen-bond acceptors (Lipinski definition) is 4. The molecule has 4 nitrogen and oxygen atoms in total. The van der Waals surface area contributed by atoms with Crippen molar-refractivity contribution < 1.29 is 13.9 Å². The Morgan fingerprint density at radius 2 is 2.25 bits per heavy atom. The van der Waals surface area contributed by atoms with Crippen molar-refractivity contribution in [2.24, 2.45) is 0 Å². The summed E-state index contributed by atoms with van der Waals surface area (Å²) < 4.78 is 18.1. The number of carbonyl (C=O) groups is 1. The summed E-state index contributed by atoms with van der Waals surface area (Å²) in [5.74, 6) is -0.811. The number of rotatable bonds is 3. The zero-order chi connectivity index (χ0) is 14.7. The van der Waals surface area contributed by atoms with E-state index in [1.165, 1.54) is 25.3 Å². The molecule has 2 unspecified atom stereocenters. The minimum absolute atomic E-state index is 0.242. The van der Waals surface area contributed by atoms with Crippen molar-refractivity contribution in [1.29, 1.82) is 0 Å². The summed E-state index contributed by atoms with van der Waals surface area (Å²) in [6, 6.07) is 4.80. The molecule has 0 spiro atoms. The van der Waals surface area contributed by atoms with Crippen LogP contribution >= 0.6 is 0 Å². The van der Waals surface area contributed by atoms with E-state index in [-0.39, 0.29) is 11.9 Å². The first kappa shape index (κ1) is 14.8. The molecule has 0 aromatic heterocycles. The molecule has 20 heavy (non-hydrogen) atoms. The Hall–Kier alpha value is -1.62. The highest BCUT2D eigenvalue weighted by atomic mass is 19.1. The highest BCUT2D eigenvalue weighted by molar-refractivity contribution is 5.95. The fourth-order valence-electron chi connectivity index (χ4n) is 2.56. The number of esters is 1. The molecule has 1 fully saturated rings. The smallest absolute Gasteiger partial charge is 0.339 e. The van der Waals surface area contributed by atoms with Crippen LogP contribution in [-0.2, 0) is 4.74 Å². The summed E-state index contributed by atoms with van der Waals surface area (Å²) in [6.07, 6.45) is 1.94. The van der Waals surface area contributed by atoms with Crippen molar-refractivity contribution in [3.63, 3.8) is 0 Å². The van der Waals surface area contributed by atoms with Gasteiger partial charge in [-0.05, 0) is 45.0 Å². The predicted octanol–water partition coefficient (Wildman–Crippen LogP) is 2.51. The van der Waals surface area contributed by atoms with E-state index in [4.69, 9.17) is 4.74 Å². The molecule has 0 aliphatic carbocycles.